The predicted octanol–water partition coefficient (Wildman–Crippen LogP) is 1.67. The zero-order valence-corrected chi connectivity index (χ0v) is 11.1. The smallest absolute Gasteiger partial charge is 0.417 e. The van der Waals surface area contributed by atoms with Crippen LogP contribution in [0, 0.1) is 0 Å². The number of nitrogens with one attached hydrogen (secondary N) is 2. The van der Waals surface area contributed by atoms with Crippen LogP contribution in [0.25, 0.3) is 0 Å². The van der Waals surface area contributed by atoms with E-state index in [0.29, 0.717) is 11.6 Å². The standard InChI is InChI=1S/C12H14F3N3O3/c1-21-9-4-7(2-3-16-9)17-10(19)18-8-5-11(20,6-8)12(13,14)15/h2-4,8,20H,5-6H2,1H3,(H2,16,17,18,19). The Balaban J connectivity index is 1.84. The van der Waals surface area contributed by atoms with Crippen molar-refractivity contribution in [2.24, 2.45) is 0 Å². The summed E-state index contributed by atoms with van der Waals surface area (Å²) in [6, 6.07) is 1.60. The number of nitrogens with zero attached hydrogens (tertiary/aromatic N) is 1. The van der Waals surface area contributed by atoms with Gasteiger partial charge in [-0.15, -0.1) is 0 Å². The summed E-state index contributed by atoms with van der Waals surface area (Å²) in [5, 5.41) is 14.1. The van der Waals surface area contributed by atoms with Crippen LogP contribution in [-0.2, 0) is 0 Å². The van der Waals surface area contributed by atoms with Crippen molar-refractivity contribution in [3.05, 3.63) is 18.3 Å². The number of aromatic nitrogens is 1. The lowest BCUT2D eigenvalue weighted by Crippen LogP contribution is -2.62. The molecule has 9 heteroatoms. The number of amides is 2. The fourth-order valence-electron chi connectivity index (χ4n) is 2.04. The maximum Gasteiger partial charge on any atom is 0.417 e. The van der Waals surface area contributed by atoms with Gasteiger partial charge < -0.3 is 20.5 Å². The Morgan fingerprint density at radius 2 is 2.19 bits per heavy atom. The normalized spacial score (nSPS) is 24.9. The Morgan fingerprint density at radius 1 is 1.52 bits per heavy atom. The van der Waals surface area contributed by atoms with Crippen LogP contribution in [0.4, 0.5) is 23.7 Å². The van der Waals surface area contributed by atoms with Crippen molar-refractivity contribution in [2.75, 3.05) is 12.4 Å². The number of alkyl halides is 3. The lowest BCUT2D eigenvalue weighted by Gasteiger charge is -2.44. The molecule has 0 saturated heterocycles. The molecule has 1 aromatic rings. The van der Waals surface area contributed by atoms with Crippen LogP contribution >= 0.6 is 0 Å². The lowest BCUT2D eigenvalue weighted by molar-refractivity contribution is -0.291. The van der Waals surface area contributed by atoms with Gasteiger partial charge in [-0.2, -0.15) is 13.2 Å². The van der Waals surface area contributed by atoms with Crippen molar-refractivity contribution < 1.29 is 27.8 Å². The number of halogens is 3. The minimum absolute atomic E-state index is 0.294. The molecular formula is C12H14F3N3O3. The van der Waals surface area contributed by atoms with Crippen molar-refractivity contribution >= 4 is 11.7 Å². The zero-order valence-electron chi connectivity index (χ0n) is 11.1. The van der Waals surface area contributed by atoms with Gasteiger partial charge in [0.15, 0.2) is 5.60 Å². The van der Waals surface area contributed by atoms with Crippen LogP contribution in [0.1, 0.15) is 12.8 Å². The number of anilines is 1. The van der Waals surface area contributed by atoms with Crippen LogP contribution in [-0.4, -0.2) is 41.1 Å². The Kier molecular flexibility index (Phi) is 3.95. The van der Waals surface area contributed by atoms with Crippen LogP contribution in [0.3, 0.4) is 0 Å². The molecule has 2 amide bonds. The first-order valence-electron chi connectivity index (χ1n) is 6.10. The van der Waals surface area contributed by atoms with Crippen LogP contribution in [0.15, 0.2) is 18.3 Å². The van der Waals surface area contributed by atoms with E-state index in [1.807, 2.05) is 0 Å². The topological polar surface area (TPSA) is 83.5 Å². The molecule has 1 heterocycles. The molecule has 0 bridgehead atoms. The van der Waals surface area contributed by atoms with Gasteiger partial charge in [0.1, 0.15) is 0 Å². The molecule has 0 unspecified atom stereocenters. The number of urea groups is 1. The summed E-state index contributed by atoms with van der Waals surface area (Å²) < 4.78 is 42.2. The second kappa shape index (κ2) is 5.40. The van der Waals surface area contributed by atoms with E-state index in [2.05, 4.69) is 15.6 Å². The van der Waals surface area contributed by atoms with Gasteiger partial charge in [-0.05, 0) is 6.07 Å². The number of rotatable bonds is 3. The Bertz CT molecular complexity index is 530. The molecule has 0 aromatic carbocycles. The highest BCUT2D eigenvalue weighted by molar-refractivity contribution is 5.89. The zero-order chi connectivity index (χ0) is 15.7. The molecule has 0 atom stereocenters. The summed E-state index contributed by atoms with van der Waals surface area (Å²) in [5.41, 5.74) is -2.31. The Labute approximate surface area is 118 Å². The number of carbonyl (C=O) groups is 1. The predicted molar refractivity (Wildman–Crippen MR) is 67.0 cm³/mol. The highest BCUT2D eigenvalue weighted by atomic mass is 19.4. The lowest BCUT2D eigenvalue weighted by atomic mass is 9.75. The first kappa shape index (κ1) is 15.4. The molecule has 1 saturated carbocycles. The Morgan fingerprint density at radius 3 is 2.76 bits per heavy atom. The van der Waals surface area contributed by atoms with Crippen molar-refractivity contribution in [1.82, 2.24) is 10.3 Å². The number of aliphatic hydroxyl groups is 1. The number of carbonyl (C=O) groups excluding carboxylic acids is 1. The summed E-state index contributed by atoms with van der Waals surface area (Å²) >= 11 is 0. The second-order valence-corrected chi connectivity index (χ2v) is 4.82. The van der Waals surface area contributed by atoms with Gasteiger partial charge in [0, 0.05) is 36.8 Å². The minimum atomic E-state index is -4.68. The third-order valence-electron chi connectivity index (χ3n) is 3.23. The third kappa shape index (κ3) is 3.35. The van der Waals surface area contributed by atoms with E-state index in [1.54, 1.807) is 0 Å². The van der Waals surface area contributed by atoms with Gasteiger partial charge >= 0.3 is 12.2 Å². The number of hydrogen-bond donors (Lipinski definition) is 3. The second-order valence-electron chi connectivity index (χ2n) is 4.82. The van der Waals surface area contributed by atoms with Crippen molar-refractivity contribution in [1.29, 1.82) is 0 Å². The molecule has 6 nitrogen and oxygen atoms in total. The van der Waals surface area contributed by atoms with Crippen molar-refractivity contribution in [2.45, 2.75) is 30.7 Å². The minimum Gasteiger partial charge on any atom is -0.481 e. The van der Waals surface area contributed by atoms with Gasteiger partial charge in [0.2, 0.25) is 5.88 Å². The molecule has 1 aliphatic carbocycles. The molecule has 3 N–H and O–H groups in total. The van der Waals surface area contributed by atoms with Gasteiger partial charge in [0.05, 0.1) is 7.11 Å². The summed E-state index contributed by atoms with van der Waals surface area (Å²) in [7, 11) is 1.42. The molecule has 1 fully saturated rings. The summed E-state index contributed by atoms with van der Waals surface area (Å²) in [6.45, 7) is 0. The monoisotopic (exact) mass is 305 g/mol. The van der Waals surface area contributed by atoms with Crippen LogP contribution < -0.4 is 15.4 Å². The maximum atomic E-state index is 12.4. The van der Waals surface area contributed by atoms with Crippen LogP contribution in [0.2, 0.25) is 0 Å². The Hall–Kier alpha value is -2.03. The first-order valence-corrected chi connectivity index (χ1v) is 6.10. The molecule has 0 spiro atoms. The highest BCUT2D eigenvalue weighted by Crippen LogP contribution is 2.45. The number of methoxy groups -OCH3 is 1. The van der Waals surface area contributed by atoms with Gasteiger partial charge in [-0.25, -0.2) is 9.78 Å². The number of pyridine rings is 1. The summed E-state index contributed by atoms with van der Waals surface area (Å²) in [5.74, 6) is 0.294. The van der Waals surface area contributed by atoms with Crippen molar-refractivity contribution in [3.63, 3.8) is 0 Å². The number of ether oxygens (including phenoxy) is 1. The molecule has 2 rings (SSSR count). The SMILES string of the molecule is COc1cc(NC(=O)NC2CC(O)(C(F)(F)F)C2)ccn1. The average Bonchev–Trinajstić information content (AvgIpc) is 2.35. The average molecular weight is 305 g/mol. The molecular weight excluding hydrogens is 291 g/mol. The van der Waals surface area contributed by atoms with E-state index in [0.717, 1.165) is 0 Å². The number of hydrogen-bond acceptors (Lipinski definition) is 4. The van der Waals surface area contributed by atoms with Gasteiger partial charge in [-0.3, -0.25) is 0 Å². The molecule has 116 valence electrons. The van der Waals surface area contributed by atoms with E-state index in [-0.39, 0.29) is 0 Å². The van der Waals surface area contributed by atoms with Gasteiger partial charge in [-0.1, -0.05) is 0 Å². The molecule has 0 radical (unpaired) electrons. The first-order chi connectivity index (χ1) is 9.73. The van der Waals surface area contributed by atoms with E-state index in [1.165, 1.54) is 25.4 Å². The highest BCUT2D eigenvalue weighted by Gasteiger charge is 2.61. The van der Waals surface area contributed by atoms with Crippen LogP contribution in [0.5, 0.6) is 5.88 Å². The summed E-state index contributed by atoms with van der Waals surface area (Å²) in [4.78, 5) is 15.5. The maximum absolute atomic E-state index is 12.4. The van der Waals surface area contributed by atoms with E-state index in [9.17, 15) is 23.1 Å². The van der Waals surface area contributed by atoms with Crippen molar-refractivity contribution in [3.8, 4) is 5.88 Å². The fraction of sp³-hybridized carbons (Fsp3) is 0.500. The molecule has 1 aliphatic rings. The van der Waals surface area contributed by atoms with E-state index in [4.69, 9.17) is 4.74 Å². The largest absolute Gasteiger partial charge is 0.481 e. The summed E-state index contributed by atoms with van der Waals surface area (Å²) in [6.07, 6.45) is -4.37. The molecule has 21 heavy (non-hydrogen) atoms. The fourth-order valence-corrected chi connectivity index (χ4v) is 2.04. The van der Waals surface area contributed by atoms with Gasteiger partial charge in [0.25, 0.3) is 0 Å². The molecule has 0 aliphatic heterocycles. The quantitative estimate of drug-likeness (QED) is 0.793. The third-order valence-corrected chi connectivity index (χ3v) is 3.23. The van der Waals surface area contributed by atoms with E-state index < -0.39 is 36.7 Å². The molecule has 1 aromatic heterocycles. The van der Waals surface area contributed by atoms with E-state index >= 15 is 0 Å².